The average Bonchev–Trinajstić information content (AvgIpc) is 2.62. The lowest BCUT2D eigenvalue weighted by atomic mass is 9.92. The number of amidine groups is 3. The largest absolute Gasteiger partial charge is 0.388 e. The van der Waals surface area contributed by atoms with E-state index in [1.807, 2.05) is 6.07 Å². The van der Waals surface area contributed by atoms with Gasteiger partial charge in [0.2, 0.25) is 0 Å². The minimum atomic E-state index is -0.667. The molecule has 0 aromatic carbocycles. The summed E-state index contributed by atoms with van der Waals surface area (Å²) in [4.78, 5) is 0. The zero-order valence-electron chi connectivity index (χ0n) is 16.3. The van der Waals surface area contributed by atoms with Crippen LogP contribution in [0.5, 0.6) is 0 Å². The second kappa shape index (κ2) is 15.8. The zero-order valence-corrected chi connectivity index (χ0v) is 16.3. The van der Waals surface area contributed by atoms with Crippen LogP contribution in [0.2, 0.25) is 0 Å². The first-order chi connectivity index (χ1) is 13.3. The van der Waals surface area contributed by atoms with Gasteiger partial charge in [-0.15, -0.1) is 0 Å². The molecule has 0 aromatic heterocycles. The lowest BCUT2D eigenvalue weighted by Gasteiger charge is -2.33. The highest BCUT2D eigenvalue weighted by Gasteiger charge is 2.32. The molecule has 0 unspecified atom stereocenters. The smallest absolute Gasteiger partial charge is 0.0928 e. The van der Waals surface area contributed by atoms with Gasteiger partial charge in [0.05, 0.1) is 88.3 Å². The molecular formula is C17H33N7O4. The summed E-state index contributed by atoms with van der Waals surface area (Å²) < 4.78 is 22.6. The molecule has 11 heteroatoms. The van der Waals surface area contributed by atoms with E-state index < -0.39 is 5.41 Å². The van der Waals surface area contributed by atoms with Gasteiger partial charge in [-0.2, -0.15) is 5.26 Å². The molecule has 0 bridgehead atoms. The molecule has 0 radical (unpaired) electrons. The summed E-state index contributed by atoms with van der Waals surface area (Å²) in [5.41, 5.74) is 15.4. The molecule has 0 saturated carbocycles. The number of ether oxygens (including phenoxy) is 4. The van der Waals surface area contributed by atoms with Crippen molar-refractivity contribution in [3.63, 3.8) is 0 Å². The maximum Gasteiger partial charge on any atom is 0.0928 e. The van der Waals surface area contributed by atoms with Crippen LogP contribution in [0.15, 0.2) is 0 Å². The van der Waals surface area contributed by atoms with Crippen LogP contribution in [0.25, 0.3) is 0 Å². The minimum absolute atomic E-state index is 0.0336. The Labute approximate surface area is 166 Å². The highest BCUT2D eigenvalue weighted by atomic mass is 16.5. The van der Waals surface area contributed by atoms with Crippen molar-refractivity contribution >= 4 is 17.5 Å². The second-order valence-corrected chi connectivity index (χ2v) is 6.44. The van der Waals surface area contributed by atoms with Crippen LogP contribution >= 0.6 is 0 Å². The fraction of sp³-hybridized carbons (Fsp3) is 0.765. The minimum Gasteiger partial charge on any atom is -0.388 e. The molecule has 28 heavy (non-hydrogen) atoms. The molecule has 0 aromatic rings. The average molecular weight is 399 g/mol. The van der Waals surface area contributed by atoms with Crippen molar-refractivity contribution in [3.8, 4) is 6.07 Å². The van der Waals surface area contributed by atoms with Crippen LogP contribution in [0.1, 0.15) is 25.7 Å². The third-order valence-electron chi connectivity index (χ3n) is 3.54. The van der Waals surface area contributed by atoms with Gasteiger partial charge in [0.1, 0.15) is 0 Å². The Hall–Kier alpha value is -2.26. The van der Waals surface area contributed by atoms with Crippen molar-refractivity contribution in [3.05, 3.63) is 0 Å². The Kier molecular flexibility index (Phi) is 14.5. The highest BCUT2D eigenvalue weighted by molar-refractivity contribution is 5.77. The summed E-state index contributed by atoms with van der Waals surface area (Å²) in [6.45, 7) is 2.01. The van der Waals surface area contributed by atoms with Crippen molar-refractivity contribution in [2.24, 2.45) is 22.6 Å². The molecule has 9 N–H and O–H groups in total. The van der Waals surface area contributed by atoms with Gasteiger partial charge in [0.15, 0.2) is 0 Å². The number of hydrogen-bond acceptors (Lipinski definition) is 8. The number of rotatable bonds is 19. The standard InChI is InChI=1S/C17H33N7O4/c18-5-1-6-25-10-17(11-26-7-2-14(19)20,12-27-8-3-15(21)22)13-28-9-4-16(23)24/h1-4,6-13H2,(H3,19,20)(H3,21,22)(H3,23,24). The Morgan fingerprint density at radius 1 is 0.679 bits per heavy atom. The van der Waals surface area contributed by atoms with Crippen LogP contribution in [0.4, 0.5) is 0 Å². The topological polar surface area (TPSA) is 210 Å². The van der Waals surface area contributed by atoms with E-state index in [0.29, 0.717) is 19.3 Å². The van der Waals surface area contributed by atoms with Crippen molar-refractivity contribution in [1.82, 2.24) is 0 Å². The molecule has 0 aliphatic rings. The van der Waals surface area contributed by atoms with E-state index in [0.717, 1.165) is 0 Å². The molecule has 160 valence electrons. The molecule has 0 rings (SSSR count). The van der Waals surface area contributed by atoms with Crippen LogP contribution in [0.3, 0.4) is 0 Å². The first-order valence-electron chi connectivity index (χ1n) is 8.98. The fourth-order valence-electron chi connectivity index (χ4n) is 2.07. The van der Waals surface area contributed by atoms with Gasteiger partial charge in [-0.3, -0.25) is 16.2 Å². The third kappa shape index (κ3) is 14.9. The van der Waals surface area contributed by atoms with Gasteiger partial charge < -0.3 is 36.1 Å². The number of nitrogens with zero attached hydrogens (tertiary/aromatic N) is 1. The van der Waals surface area contributed by atoms with Gasteiger partial charge in [-0.25, -0.2) is 0 Å². The third-order valence-corrected chi connectivity index (χ3v) is 3.54. The SMILES string of the molecule is N#CCCOCC(COCCC(=N)N)(COCCC(=N)N)COCCC(=N)N. The van der Waals surface area contributed by atoms with E-state index in [2.05, 4.69) is 0 Å². The summed E-state index contributed by atoms with van der Waals surface area (Å²) in [6.07, 6.45) is 1.18. The van der Waals surface area contributed by atoms with E-state index in [9.17, 15) is 0 Å². The fourth-order valence-corrected chi connectivity index (χ4v) is 2.07. The molecule has 11 nitrogen and oxygen atoms in total. The number of nitriles is 1. The summed E-state index contributed by atoms with van der Waals surface area (Å²) in [7, 11) is 0. The molecule has 0 heterocycles. The van der Waals surface area contributed by atoms with Crippen molar-refractivity contribution < 1.29 is 18.9 Å². The van der Waals surface area contributed by atoms with Crippen LogP contribution < -0.4 is 17.2 Å². The second-order valence-electron chi connectivity index (χ2n) is 6.44. The Morgan fingerprint density at radius 3 is 1.29 bits per heavy atom. The maximum absolute atomic E-state index is 8.67. The normalized spacial score (nSPS) is 12.8. The molecular weight excluding hydrogens is 366 g/mol. The molecule has 0 saturated heterocycles. The van der Waals surface area contributed by atoms with Crippen molar-refractivity contribution in [2.75, 3.05) is 52.9 Å². The van der Waals surface area contributed by atoms with Gasteiger partial charge >= 0.3 is 0 Å². The molecule has 0 atom stereocenters. The summed E-state index contributed by atoms with van der Waals surface area (Å²) in [6, 6.07) is 2.02. The zero-order chi connectivity index (χ0) is 21.3. The number of hydrogen-bond donors (Lipinski definition) is 6. The summed E-state index contributed by atoms with van der Waals surface area (Å²) in [5, 5.41) is 30.5. The van der Waals surface area contributed by atoms with Crippen LogP contribution in [-0.4, -0.2) is 70.4 Å². The first-order valence-corrected chi connectivity index (χ1v) is 8.98. The highest BCUT2D eigenvalue weighted by Crippen LogP contribution is 2.21. The lowest BCUT2D eigenvalue weighted by Crippen LogP contribution is -2.42. The molecule has 0 amide bonds. The monoisotopic (exact) mass is 399 g/mol. The van der Waals surface area contributed by atoms with Crippen molar-refractivity contribution in [2.45, 2.75) is 25.7 Å². The van der Waals surface area contributed by atoms with E-state index in [-0.39, 0.29) is 76.8 Å². The van der Waals surface area contributed by atoms with Crippen LogP contribution in [-0.2, 0) is 18.9 Å². The maximum atomic E-state index is 8.67. The Balaban J connectivity index is 4.89. The Bertz CT molecular complexity index is 467. The number of nitrogens with two attached hydrogens (primary N) is 3. The van der Waals surface area contributed by atoms with Gasteiger partial charge in [-0.05, 0) is 0 Å². The first kappa shape index (κ1) is 25.7. The lowest BCUT2D eigenvalue weighted by molar-refractivity contribution is -0.104. The Morgan fingerprint density at radius 2 is 1.00 bits per heavy atom. The summed E-state index contributed by atoms with van der Waals surface area (Å²) in [5.74, 6) is 0.101. The molecule has 0 aliphatic carbocycles. The molecule has 0 fully saturated rings. The van der Waals surface area contributed by atoms with E-state index in [1.165, 1.54) is 0 Å². The predicted octanol–water partition coefficient (Wildman–Crippen LogP) is -0.0689. The van der Waals surface area contributed by atoms with Crippen molar-refractivity contribution in [1.29, 1.82) is 21.5 Å². The quantitative estimate of drug-likeness (QED) is 0.0980. The summed E-state index contributed by atoms with van der Waals surface area (Å²) >= 11 is 0. The van der Waals surface area contributed by atoms with E-state index >= 15 is 0 Å². The van der Waals surface area contributed by atoms with Crippen LogP contribution in [0, 0.1) is 33.0 Å². The molecule has 0 spiro atoms. The van der Waals surface area contributed by atoms with E-state index in [1.54, 1.807) is 0 Å². The van der Waals surface area contributed by atoms with Gasteiger partial charge in [0, 0.05) is 19.3 Å². The molecule has 0 aliphatic heterocycles. The van der Waals surface area contributed by atoms with Gasteiger partial charge in [0.25, 0.3) is 0 Å². The number of nitrogens with one attached hydrogen (secondary N) is 3. The van der Waals surface area contributed by atoms with Gasteiger partial charge in [-0.1, -0.05) is 0 Å². The van der Waals surface area contributed by atoms with E-state index in [4.69, 9.17) is 57.6 Å². The predicted molar refractivity (Wildman–Crippen MR) is 106 cm³/mol.